The normalized spacial score (nSPS) is 17.1. The molecule has 0 aromatic rings. The van der Waals surface area contributed by atoms with Gasteiger partial charge in [0, 0.05) is 6.56 Å². The monoisotopic (exact) mass is 305 g/mol. The Labute approximate surface area is 130 Å². The lowest BCUT2D eigenvalue weighted by atomic mass is 10.0. The summed E-state index contributed by atoms with van der Waals surface area (Å²) in [6, 6.07) is -1.12. The fourth-order valence-corrected chi connectivity index (χ4v) is 1.44. The Morgan fingerprint density at radius 3 is 2.00 bits per heavy atom. The molecule has 0 saturated heterocycles. The zero-order chi connectivity index (χ0) is 18.6. The lowest BCUT2D eigenvalue weighted by Crippen LogP contribution is -2.47. The van der Waals surface area contributed by atoms with Crippen LogP contribution in [0.3, 0.4) is 0 Å². The van der Waals surface area contributed by atoms with Crippen LogP contribution in [0.1, 0.15) is 57.6 Å². The first-order chi connectivity index (χ1) is 10.0. The maximum absolute atomic E-state index is 12.2. The largest absolute Gasteiger partial charge is 0.458 e. The maximum Gasteiger partial charge on any atom is 0.408 e. The molecule has 0 aliphatic rings. The van der Waals surface area contributed by atoms with Gasteiger partial charge in [0.15, 0.2) is 0 Å². The van der Waals surface area contributed by atoms with Crippen LogP contribution in [0.5, 0.6) is 0 Å². The molecule has 6 nitrogen and oxygen atoms in total. The second-order valence-corrected chi connectivity index (χ2v) is 7.00. The van der Waals surface area contributed by atoms with E-state index in [-0.39, 0.29) is 6.42 Å². The van der Waals surface area contributed by atoms with Gasteiger partial charge in [-0.3, -0.25) is 0 Å². The first kappa shape index (κ1) is 16.1. The molecule has 0 heterocycles. The molecule has 0 saturated carbocycles. The first-order valence-corrected chi connectivity index (χ1v) is 6.96. The highest BCUT2D eigenvalue weighted by atomic mass is 16.6. The number of aliphatic hydroxyl groups is 1. The average molecular weight is 305 g/mol. The van der Waals surface area contributed by atoms with Crippen LogP contribution in [0.4, 0.5) is 4.79 Å². The summed E-state index contributed by atoms with van der Waals surface area (Å²) in [5.41, 5.74) is -1.49. The van der Waals surface area contributed by atoms with Crippen molar-refractivity contribution in [1.29, 1.82) is 0 Å². The Kier molecular flexibility index (Phi) is 5.85. The van der Waals surface area contributed by atoms with E-state index in [0.29, 0.717) is 0 Å². The minimum Gasteiger partial charge on any atom is -0.458 e. The number of carbonyl (C=O) groups is 2. The van der Waals surface area contributed by atoms with Crippen LogP contribution in [-0.2, 0) is 14.3 Å². The molecule has 0 aromatic carbocycles. The molecule has 0 spiro atoms. The second kappa shape index (κ2) is 7.64. The first-order valence-electron chi connectivity index (χ1n) is 7.96. The lowest BCUT2D eigenvalue weighted by molar-refractivity contribution is -0.158. The van der Waals surface area contributed by atoms with Gasteiger partial charge in [0.1, 0.15) is 17.2 Å². The van der Waals surface area contributed by atoms with Crippen molar-refractivity contribution in [3.8, 4) is 0 Å². The highest BCUT2D eigenvalue weighted by molar-refractivity contribution is 5.81. The van der Waals surface area contributed by atoms with E-state index in [9.17, 15) is 14.7 Å². The molecule has 0 unspecified atom stereocenters. The van der Waals surface area contributed by atoms with Crippen LogP contribution in [0.15, 0.2) is 0 Å². The van der Waals surface area contributed by atoms with Crippen molar-refractivity contribution in [3.63, 3.8) is 0 Å². The minimum absolute atomic E-state index is 0.127. The number of alkyl carbamates (subject to hydrolysis) is 1. The van der Waals surface area contributed by atoms with E-state index in [4.69, 9.17) is 12.2 Å². The van der Waals surface area contributed by atoms with Crippen LogP contribution < -0.4 is 5.32 Å². The molecule has 0 bridgehead atoms. The van der Waals surface area contributed by atoms with E-state index >= 15 is 0 Å². The van der Waals surface area contributed by atoms with Gasteiger partial charge in [-0.2, -0.15) is 0 Å². The zero-order valence-corrected chi connectivity index (χ0v) is 13.9. The van der Waals surface area contributed by atoms with E-state index in [1.165, 1.54) is 6.92 Å². The predicted octanol–water partition coefficient (Wildman–Crippen LogP) is 2.24. The molecule has 0 fully saturated rings. The molecule has 0 aromatic heterocycles. The summed E-state index contributed by atoms with van der Waals surface area (Å²) >= 11 is 0. The third-order valence-corrected chi connectivity index (χ3v) is 2.19. The number of ether oxygens (including phenoxy) is 2. The SMILES string of the molecule is [2H]C([2H])(O)[C@@H](C)C[C@H](NC(=O)OC(C)(C)C)C(=O)OC(C)(C)C. The molecule has 6 heteroatoms. The molecular formula is C15H29NO5. The van der Waals surface area contributed by atoms with Gasteiger partial charge in [-0.05, 0) is 53.9 Å². The number of esters is 1. The van der Waals surface area contributed by atoms with Gasteiger partial charge in [-0.15, -0.1) is 0 Å². The Morgan fingerprint density at radius 1 is 1.14 bits per heavy atom. The molecule has 0 aliphatic heterocycles. The molecule has 21 heavy (non-hydrogen) atoms. The maximum atomic E-state index is 12.2. The fraction of sp³-hybridized carbons (Fsp3) is 0.867. The van der Waals surface area contributed by atoms with E-state index in [1.54, 1.807) is 41.5 Å². The minimum atomic E-state index is -2.48. The number of carbonyl (C=O) groups excluding carboxylic acids is 2. The number of rotatable bonds is 5. The third kappa shape index (κ3) is 10.1. The van der Waals surface area contributed by atoms with Gasteiger partial charge in [0.05, 0.1) is 2.74 Å². The predicted molar refractivity (Wildman–Crippen MR) is 79.9 cm³/mol. The Morgan fingerprint density at radius 2 is 1.62 bits per heavy atom. The smallest absolute Gasteiger partial charge is 0.408 e. The van der Waals surface area contributed by atoms with Gasteiger partial charge >= 0.3 is 12.1 Å². The van der Waals surface area contributed by atoms with Gasteiger partial charge in [-0.25, -0.2) is 9.59 Å². The van der Waals surface area contributed by atoms with Crippen LogP contribution in [-0.4, -0.2) is 41.0 Å². The number of amides is 1. The number of hydrogen-bond donors (Lipinski definition) is 2. The van der Waals surface area contributed by atoms with Gasteiger partial charge < -0.3 is 19.9 Å². The lowest BCUT2D eigenvalue weighted by Gasteiger charge is -2.27. The Balaban J connectivity index is 5.08. The van der Waals surface area contributed by atoms with Gasteiger partial charge in [0.2, 0.25) is 0 Å². The summed E-state index contributed by atoms with van der Waals surface area (Å²) < 4.78 is 24.9. The molecule has 2 N–H and O–H groups in total. The topological polar surface area (TPSA) is 84.9 Å². The van der Waals surface area contributed by atoms with Crippen LogP contribution in [0.25, 0.3) is 0 Å². The quantitative estimate of drug-likeness (QED) is 0.761. The molecular weight excluding hydrogens is 274 g/mol. The van der Waals surface area contributed by atoms with Crippen molar-refractivity contribution in [1.82, 2.24) is 5.32 Å². The van der Waals surface area contributed by atoms with E-state index in [2.05, 4.69) is 5.32 Å². The summed E-state index contributed by atoms with van der Waals surface area (Å²) in [6.45, 7) is 9.07. The third-order valence-electron chi connectivity index (χ3n) is 2.19. The van der Waals surface area contributed by atoms with Crippen molar-refractivity contribution in [3.05, 3.63) is 0 Å². The average Bonchev–Trinajstić information content (AvgIpc) is 2.21. The summed E-state index contributed by atoms with van der Waals surface area (Å²) in [7, 11) is 0. The van der Waals surface area contributed by atoms with Crippen molar-refractivity contribution in [2.24, 2.45) is 5.92 Å². The zero-order valence-electron chi connectivity index (χ0n) is 15.9. The summed E-state index contributed by atoms with van der Waals surface area (Å²) in [4.78, 5) is 24.1. The van der Waals surface area contributed by atoms with Crippen molar-refractivity contribution in [2.45, 2.75) is 72.1 Å². The number of hydrogen-bond acceptors (Lipinski definition) is 5. The van der Waals surface area contributed by atoms with Crippen molar-refractivity contribution < 1.29 is 26.9 Å². The second-order valence-electron chi connectivity index (χ2n) is 7.00. The van der Waals surface area contributed by atoms with E-state index in [1.807, 2.05) is 0 Å². The Bertz CT molecular complexity index is 421. The van der Waals surface area contributed by atoms with Crippen molar-refractivity contribution in [2.75, 3.05) is 6.56 Å². The highest BCUT2D eigenvalue weighted by Crippen LogP contribution is 2.14. The van der Waals surface area contributed by atoms with Crippen LogP contribution in [0, 0.1) is 5.92 Å². The van der Waals surface area contributed by atoms with E-state index < -0.39 is 41.8 Å². The number of nitrogens with one attached hydrogen (secondary N) is 1. The molecule has 0 radical (unpaired) electrons. The fourth-order valence-electron chi connectivity index (χ4n) is 1.44. The Hall–Kier alpha value is -1.30. The molecule has 1 amide bonds. The molecule has 124 valence electrons. The summed E-state index contributed by atoms with van der Waals surface area (Å²) in [5.74, 6) is -1.60. The highest BCUT2D eigenvalue weighted by Gasteiger charge is 2.29. The standard InChI is InChI=1S/C15H29NO5/c1-10(9-17)8-11(12(18)20-14(2,3)4)16-13(19)21-15(5,6)7/h10-11,17H,8-9H2,1-7H3,(H,16,19)/t10-,11-/m0/s1/i9D2. The molecule has 0 rings (SSSR count). The van der Waals surface area contributed by atoms with E-state index in [0.717, 1.165) is 0 Å². The molecule has 2 atom stereocenters. The van der Waals surface area contributed by atoms with Gasteiger partial charge in [-0.1, -0.05) is 6.92 Å². The summed E-state index contributed by atoms with van der Waals surface area (Å²) in [6.07, 6.45) is -0.934. The molecule has 0 aliphatic carbocycles. The van der Waals surface area contributed by atoms with Crippen LogP contribution in [0.2, 0.25) is 0 Å². The van der Waals surface area contributed by atoms with Crippen molar-refractivity contribution >= 4 is 12.1 Å². The van der Waals surface area contributed by atoms with Gasteiger partial charge in [0.25, 0.3) is 0 Å². The van der Waals surface area contributed by atoms with Crippen LogP contribution >= 0.6 is 0 Å². The summed E-state index contributed by atoms with van der Waals surface area (Å²) in [5, 5.41) is 11.8.